The second-order valence-corrected chi connectivity index (χ2v) is 6.66. The molecule has 1 saturated heterocycles. The molecular formula is C16H26N6O. The van der Waals surface area contributed by atoms with Crippen LogP contribution in [0.25, 0.3) is 0 Å². The van der Waals surface area contributed by atoms with E-state index in [1.807, 2.05) is 23.1 Å². The van der Waals surface area contributed by atoms with E-state index in [4.69, 9.17) is 0 Å². The van der Waals surface area contributed by atoms with Crippen LogP contribution in [-0.2, 0) is 18.7 Å². The van der Waals surface area contributed by atoms with Gasteiger partial charge in [0.1, 0.15) is 11.3 Å². The first-order valence-electron chi connectivity index (χ1n) is 8.39. The normalized spacial score (nSPS) is 22.8. The molecule has 0 aromatic carbocycles. The molecular weight excluding hydrogens is 292 g/mol. The fraction of sp³-hybridized carbons (Fsp3) is 0.688. The minimum atomic E-state index is -0.914. The Balaban J connectivity index is 1.74. The largest absolute Gasteiger partial charge is 0.382 e. The van der Waals surface area contributed by atoms with Crippen LogP contribution < -0.4 is 0 Å². The maximum atomic E-state index is 11.1. The van der Waals surface area contributed by atoms with E-state index in [2.05, 4.69) is 41.1 Å². The number of piperidine rings is 1. The van der Waals surface area contributed by atoms with Gasteiger partial charge in [0.25, 0.3) is 0 Å². The Morgan fingerprint density at radius 3 is 2.91 bits per heavy atom. The Labute approximate surface area is 136 Å². The second-order valence-electron chi connectivity index (χ2n) is 6.66. The highest BCUT2D eigenvalue weighted by Gasteiger charge is 2.37. The number of aromatic nitrogens is 5. The molecule has 1 aliphatic heterocycles. The van der Waals surface area contributed by atoms with Gasteiger partial charge < -0.3 is 5.11 Å². The van der Waals surface area contributed by atoms with E-state index in [-0.39, 0.29) is 6.04 Å². The third-order valence-electron chi connectivity index (χ3n) is 4.56. The third kappa shape index (κ3) is 3.30. The zero-order valence-electron chi connectivity index (χ0n) is 14.2. The zero-order chi connectivity index (χ0) is 16.4. The number of likely N-dealkylation sites (tertiary alicyclic amines) is 1. The van der Waals surface area contributed by atoms with E-state index in [0.29, 0.717) is 12.2 Å². The molecule has 2 aromatic rings. The molecule has 1 aliphatic rings. The topological polar surface area (TPSA) is 72.0 Å². The predicted molar refractivity (Wildman–Crippen MR) is 86.7 cm³/mol. The molecule has 0 bridgehead atoms. The minimum absolute atomic E-state index is 0.249. The third-order valence-corrected chi connectivity index (χ3v) is 4.56. The smallest absolute Gasteiger partial charge is 0.123 e. The van der Waals surface area contributed by atoms with Gasteiger partial charge in [0, 0.05) is 31.9 Å². The summed E-state index contributed by atoms with van der Waals surface area (Å²) in [5.41, 5.74) is 0.949. The molecule has 126 valence electrons. The summed E-state index contributed by atoms with van der Waals surface area (Å²) in [6.07, 6.45) is 5.40. The average Bonchev–Trinajstić information content (AvgIpc) is 3.16. The molecule has 3 rings (SSSR count). The molecule has 7 heteroatoms. The van der Waals surface area contributed by atoms with Crippen LogP contribution in [0.1, 0.15) is 51.0 Å². The molecule has 0 aliphatic carbocycles. The molecule has 0 spiro atoms. The summed E-state index contributed by atoms with van der Waals surface area (Å²) in [5, 5.41) is 23.8. The van der Waals surface area contributed by atoms with Crippen molar-refractivity contribution >= 4 is 0 Å². The number of aliphatic hydroxyl groups is 1. The molecule has 3 heterocycles. The van der Waals surface area contributed by atoms with Crippen molar-refractivity contribution in [2.75, 3.05) is 13.1 Å². The summed E-state index contributed by atoms with van der Waals surface area (Å²) in [5.74, 6) is 0. The molecule has 1 fully saturated rings. The quantitative estimate of drug-likeness (QED) is 0.906. The molecule has 0 radical (unpaired) electrons. The maximum Gasteiger partial charge on any atom is 0.123 e. The standard InChI is InChI=1S/C16H26N6O/c1-4-21-14(6-8-17-21)10-20-9-5-7-16(23,12-20)15-11-22(13(2)3)19-18-15/h6,8,11,13,23H,4-5,7,9-10,12H2,1-3H3. The molecule has 0 saturated carbocycles. The monoisotopic (exact) mass is 318 g/mol. The van der Waals surface area contributed by atoms with Gasteiger partial charge >= 0.3 is 0 Å². The Hall–Kier alpha value is -1.73. The molecule has 2 aromatic heterocycles. The molecule has 1 atom stereocenters. The number of nitrogens with zero attached hydrogens (tertiary/aromatic N) is 6. The van der Waals surface area contributed by atoms with Crippen molar-refractivity contribution in [1.29, 1.82) is 0 Å². The van der Waals surface area contributed by atoms with Gasteiger partial charge in [0.05, 0.1) is 11.9 Å². The van der Waals surface area contributed by atoms with Crippen molar-refractivity contribution in [3.63, 3.8) is 0 Å². The van der Waals surface area contributed by atoms with Gasteiger partial charge in [0.2, 0.25) is 0 Å². The Bertz CT molecular complexity index is 649. The fourth-order valence-corrected chi connectivity index (χ4v) is 3.22. The molecule has 0 amide bonds. The average molecular weight is 318 g/mol. The fourth-order valence-electron chi connectivity index (χ4n) is 3.22. The molecule has 1 N–H and O–H groups in total. The Morgan fingerprint density at radius 1 is 1.39 bits per heavy atom. The first-order chi connectivity index (χ1) is 11.0. The summed E-state index contributed by atoms with van der Waals surface area (Å²) in [6, 6.07) is 2.30. The van der Waals surface area contributed by atoms with Crippen molar-refractivity contribution in [2.45, 2.75) is 58.3 Å². The number of hydrogen-bond acceptors (Lipinski definition) is 5. The highest BCUT2D eigenvalue weighted by Crippen LogP contribution is 2.31. The first kappa shape index (κ1) is 16.1. The van der Waals surface area contributed by atoms with Gasteiger partial charge in [-0.2, -0.15) is 5.10 Å². The Morgan fingerprint density at radius 2 is 2.22 bits per heavy atom. The number of aryl methyl sites for hydroxylation is 1. The number of hydrogen-bond donors (Lipinski definition) is 1. The van der Waals surface area contributed by atoms with Gasteiger partial charge in [-0.25, -0.2) is 4.68 Å². The van der Waals surface area contributed by atoms with Gasteiger partial charge in [-0.15, -0.1) is 5.10 Å². The summed E-state index contributed by atoms with van der Waals surface area (Å²) in [7, 11) is 0. The van der Waals surface area contributed by atoms with Crippen LogP contribution >= 0.6 is 0 Å². The summed E-state index contributed by atoms with van der Waals surface area (Å²) >= 11 is 0. The van der Waals surface area contributed by atoms with Gasteiger partial charge in [-0.3, -0.25) is 9.58 Å². The highest BCUT2D eigenvalue weighted by molar-refractivity contribution is 5.11. The van der Waals surface area contributed by atoms with Gasteiger partial charge in [-0.1, -0.05) is 5.21 Å². The predicted octanol–water partition coefficient (Wildman–Crippen LogP) is 1.56. The van der Waals surface area contributed by atoms with Crippen LogP contribution in [0, 0.1) is 0 Å². The maximum absolute atomic E-state index is 11.1. The van der Waals surface area contributed by atoms with Gasteiger partial charge in [-0.05, 0) is 46.2 Å². The molecule has 1 unspecified atom stereocenters. The SMILES string of the molecule is CCn1nccc1CN1CCCC(O)(c2cn(C(C)C)nn2)C1. The van der Waals surface area contributed by atoms with Crippen molar-refractivity contribution < 1.29 is 5.11 Å². The van der Waals surface area contributed by atoms with Crippen LogP contribution in [0.2, 0.25) is 0 Å². The summed E-state index contributed by atoms with van der Waals surface area (Å²) in [6.45, 7) is 9.43. The van der Waals surface area contributed by atoms with Crippen molar-refractivity contribution in [3.05, 3.63) is 29.8 Å². The minimum Gasteiger partial charge on any atom is -0.382 e. The molecule has 7 nitrogen and oxygen atoms in total. The van der Waals surface area contributed by atoms with Crippen molar-refractivity contribution in [3.8, 4) is 0 Å². The van der Waals surface area contributed by atoms with Crippen LogP contribution in [0.5, 0.6) is 0 Å². The first-order valence-corrected chi connectivity index (χ1v) is 8.39. The van der Waals surface area contributed by atoms with E-state index in [0.717, 1.165) is 32.5 Å². The zero-order valence-corrected chi connectivity index (χ0v) is 14.2. The van der Waals surface area contributed by atoms with E-state index < -0.39 is 5.60 Å². The second kappa shape index (κ2) is 6.41. The van der Waals surface area contributed by atoms with Gasteiger partial charge in [0.15, 0.2) is 0 Å². The van der Waals surface area contributed by atoms with Crippen LogP contribution in [0.15, 0.2) is 18.5 Å². The lowest BCUT2D eigenvalue weighted by Gasteiger charge is -2.37. The number of rotatable bonds is 5. The van der Waals surface area contributed by atoms with Crippen molar-refractivity contribution in [2.24, 2.45) is 0 Å². The molecule has 23 heavy (non-hydrogen) atoms. The summed E-state index contributed by atoms with van der Waals surface area (Å²) < 4.78 is 3.81. The lowest BCUT2D eigenvalue weighted by Crippen LogP contribution is -2.46. The lowest BCUT2D eigenvalue weighted by atomic mass is 9.90. The van der Waals surface area contributed by atoms with Crippen LogP contribution in [0.4, 0.5) is 0 Å². The highest BCUT2D eigenvalue weighted by atomic mass is 16.3. The van der Waals surface area contributed by atoms with E-state index in [1.165, 1.54) is 5.69 Å². The summed E-state index contributed by atoms with van der Waals surface area (Å²) in [4.78, 5) is 2.28. The van der Waals surface area contributed by atoms with Crippen molar-refractivity contribution in [1.82, 2.24) is 29.7 Å². The number of β-amino-alcohol motifs (C(OH)–C–C–N with tert-alkyl or cyclic N) is 1. The van der Waals surface area contributed by atoms with E-state index in [1.54, 1.807) is 4.68 Å². The van der Waals surface area contributed by atoms with Crippen LogP contribution in [0.3, 0.4) is 0 Å². The lowest BCUT2D eigenvalue weighted by molar-refractivity contribution is -0.0420. The Kier molecular flexibility index (Phi) is 4.50. The van der Waals surface area contributed by atoms with Crippen LogP contribution in [-0.4, -0.2) is 47.9 Å². The van der Waals surface area contributed by atoms with E-state index >= 15 is 0 Å². The van der Waals surface area contributed by atoms with E-state index in [9.17, 15) is 5.11 Å².